The molecule has 1 aliphatic rings. The summed E-state index contributed by atoms with van der Waals surface area (Å²) >= 11 is 7.51. The lowest BCUT2D eigenvalue weighted by Gasteiger charge is -2.09. The molecule has 4 rings (SSSR count). The third-order valence-electron chi connectivity index (χ3n) is 4.81. The van der Waals surface area contributed by atoms with Crippen molar-refractivity contribution in [2.45, 2.75) is 20.8 Å². The Morgan fingerprint density at radius 2 is 1.83 bits per heavy atom. The summed E-state index contributed by atoms with van der Waals surface area (Å²) in [5.74, 6) is -0.142. The standard InChI is InChI=1S/C23H20ClN3OS/c1-14-9-10-18(13-20(14)24)25-23-26-22(28)21(29-23)12-17-11-15(2)27(16(17)3)19-7-5-4-6-8-19/h4-13H,1-3H3,(H,25,26,28)/b21-12-. The molecule has 0 unspecified atom stereocenters. The lowest BCUT2D eigenvalue weighted by Crippen LogP contribution is -2.19. The van der Waals surface area contributed by atoms with Crippen molar-refractivity contribution in [1.82, 2.24) is 9.88 Å². The SMILES string of the molecule is Cc1ccc(N=C2NC(=O)/C(=C/c3cc(C)n(-c4ccccc4)c3C)S2)cc1Cl. The topological polar surface area (TPSA) is 46.4 Å². The van der Waals surface area contributed by atoms with E-state index >= 15 is 0 Å². The number of carbonyl (C=O) groups is 1. The highest BCUT2D eigenvalue weighted by atomic mass is 35.5. The van der Waals surface area contributed by atoms with Crippen LogP contribution in [0.5, 0.6) is 0 Å². The number of aromatic nitrogens is 1. The monoisotopic (exact) mass is 421 g/mol. The number of nitrogens with zero attached hydrogens (tertiary/aromatic N) is 2. The van der Waals surface area contributed by atoms with Crippen molar-refractivity contribution < 1.29 is 4.79 Å². The Hall–Kier alpha value is -2.76. The van der Waals surface area contributed by atoms with Crippen molar-refractivity contribution in [1.29, 1.82) is 0 Å². The fourth-order valence-electron chi connectivity index (χ4n) is 3.30. The Morgan fingerprint density at radius 1 is 1.07 bits per heavy atom. The largest absolute Gasteiger partial charge is 0.318 e. The Bertz CT molecular complexity index is 1160. The van der Waals surface area contributed by atoms with Crippen molar-refractivity contribution in [2.24, 2.45) is 4.99 Å². The molecule has 0 saturated carbocycles. The van der Waals surface area contributed by atoms with E-state index in [9.17, 15) is 4.79 Å². The molecule has 1 N–H and O–H groups in total. The molecule has 0 atom stereocenters. The molecule has 0 spiro atoms. The molecule has 2 aromatic carbocycles. The van der Waals surface area contributed by atoms with E-state index in [1.54, 1.807) is 6.07 Å². The fraction of sp³-hybridized carbons (Fsp3) is 0.130. The molecule has 29 heavy (non-hydrogen) atoms. The van der Waals surface area contributed by atoms with Crippen molar-refractivity contribution in [2.75, 3.05) is 0 Å². The molecule has 1 fully saturated rings. The molecule has 3 aromatic rings. The predicted octanol–water partition coefficient (Wildman–Crippen LogP) is 5.95. The van der Waals surface area contributed by atoms with Crippen LogP contribution in [0, 0.1) is 20.8 Å². The van der Waals surface area contributed by atoms with Gasteiger partial charge in [0.1, 0.15) is 0 Å². The second kappa shape index (κ2) is 7.93. The molecule has 1 amide bonds. The lowest BCUT2D eigenvalue weighted by molar-refractivity contribution is -0.115. The molecule has 2 heterocycles. The number of para-hydroxylation sites is 1. The second-order valence-electron chi connectivity index (χ2n) is 6.91. The molecule has 1 aliphatic heterocycles. The van der Waals surface area contributed by atoms with Gasteiger partial charge < -0.3 is 9.88 Å². The number of hydrogen-bond acceptors (Lipinski definition) is 3. The van der Waals surface area contributed by atoms with Crippen LogP contribution in [0.25, 0.3) is 11.8 Å². The molecule has 1 saturated heterocycles. The summed E-state index contributed by atoms with van der Waals surface area (Å²) in [6.45, 7) is 6.07. The first-order valence-corrected chi connectivity index (χ1v) is 10.4. The van der Waals surface area contributed by atoms with Gasteiger partial charge in [0, 0.05) is 22.1 Å². The zero-order valence-corrected chi connectivity index (χ0v) is 17.9. The van der Waals surface area contributed by atoms with Crippen LogP contribution in [0.15, 0.2) is 64.5 Å². The Morgan fingerprint density at radius 3 is 2.55 bits per heavy atom. The van der Waals surface area contributed by atoms with Gasteiger partial charge in [0.25, 0.3) is 5.91 Å². The number of amides is 1. The van der Waals surface area contributed by atoms with Crippen molar-refractivity contribution in [3.63, 3.8) is 0 Å². The van der Waals surface area contributed by atoms with E-state index in [-0.39, 0.29) is 5.91 Å². The van der Waals surface area contributed by atoms with Crippen LogP contribution in [0.1, 0.15) is 22.5 Å². The number of carbonyl (C=O) groups excluding carboxylic acids is 1. The van der Waals surface area contributed by atoms with Crippen LogP contribution >= 0.6 is 23.4 Å². The third-order valence-corrected chi connectivity index (χ3v) is 6.13. The van der Waals surface area contributed by atoms with Gasteiger partial charge in [0.05, 0.1) is 10.6 Å². The number of aryl methyl sites for hydroxylation is 2. The molecular weight excluding hydrogens is 402 g/mol. The quantitative estimate of drug-likeness (QED) is 0.531. The summed E-state index contributed by atoms with van der Waals surface area (Å²) in [6, 6.07) is 17.9. The van der Waals surface area contributed by atoms with Crippen LogP contribution in [-0.2, 0) is 4.79 Å². The van der Waals surface area contributed by atoms with Gasteiger partial charge >= 0.3 is 0 Å². The number of nitrogens with one attached hydrogen (secondary N) is 1. The minimum absolute atomic E-state index is 0.142. The first-order valence-electron chi connectivity index (χ1n) is 9.22. The molecule has 0 aliphatic carbocycles. The number of amidine groups is 1. The zero-order chi connectivity index (χ0) is 20.5. The average molecular weight is 422 g/mol. The highest BCUT2D eigenvalue weighted by molar-refractivity contribution is 8.18. The van der Waals surface area contributed by atoms with E-state index < -0.39 is 0 Å². The Labute approximate surface area is 179 Å². The zero-order valence-electron chi connectivity index (χ0n) is 16.4. The molecule has 6 heteroatoms. The first-order chi connectivity index (χ1) is 13.9. The van der Waals surface area contributed by atoms with Gasteiger partial charge in [-0.3, -0.25) is 4.79 Å². The van der Waals surface area contributed by atoms with Crippen molar-refractivity contribution in [3.05, 3.63) is 87.0 Å². The van der Waals surface area contributed by atoms with Gasteiger partial charge in [0.15, 0.2) is 5.17 Å². The van der Waals surface area contributed by atoms with Gasteiger partial charge in [-0.25, -0.2) is 4.99 Å². The van der Waals surface area contributed by atoms with Crippen molar-refractivity contribution >= 4 is 46.2 Å². The Kier molecular flexibility index (Phi) is 5.35. The molecule has 146 valence electrons. The van der Waals surface area contributed by atoms with E-state index in [1.807, 2.05) is 43.3 Å². The fourth-order valence-corrected chi connectivity index (χ4v) is 4.31. The van der Waals surface area contributed by atoms with E-state index in [1.165, 1.54) is 11.8 Å². The smallest absolute Gasteiger partial charge is 0.264 e. The normalized spacial score (nSPS) is 16.6. The van der Waals surface area contributed by atoms with E-state index in [4.69, 9.17) is 11.6 Å². The average Bonchev–Trinajstić information content (AvgIpc) is 3.17. The highest BCUT2D eigenvalue weighted by Crippen LogP contribution is 2.31. The number of benzene rings is 2. The summed E-state index contributed by atoms with van der Waals surface area (Å²) in [6.07, 6.45) is 1.92. The van der Waals surface area contributed by atoms with Crippen molar-refractivity contribution in [3.8, 4) is 5.69 Å². The van der Waals surface area contributed by atoms with Crippen LogP contribution in [-0.4, -0.2) is 15.6 Å². The third kappa shape index (κ3) is 4.02. The molecule has 0 radical (unpaired) electrons. The van der Waals surface area contributed by atoms with E-state index in [0.29, 0.717) is 20.8 Å². The number of halogens is 1. The maximum absolute atomic E-state index is 12.5. The summed E-state index contributed by atoms with van der Waals surface area (Å²) in [5, 5.41) is 4.05. The van der Waals surface area contributed by atoms with Gasteiger partial charge in [0.2, 0.25) is 0 Å². The highest BCUT2D eigenvalue weighted by Gasteiger charge is 2.24. The van der Waals surface area contributed by atoms with Crippen LogP contribution in [0.3, 0.4) is 0 Å². The summed E-state index contributed by atoms with van der Waals surface area (Å²) < 4.78 is 2.19. The number of rotatable bonds is 3. The van der Waals surface area contributed by atoms with Crippen LogP contribution < -0.4 is 5.32 Å². The second-order valence-corrected chi connectivity index (χ2v) is 8.35. The predicted molar refractivity (Wildman–Crippen MR) is 122 cm³/mol. The summed E-state index contributed by atoms with van der Waals surface area (Å²) in [7, 11) is 0. The first kappa shape index (κ1) is 19.6. The molecule has 0 bridgehead atoms. The summed E-state index contributed by atoms with van der Waals surface area (Å²) in [4.78, 5) is 17.6. The minimum Gasteiger partial charge on any atom is -0.318 e. The number of hydrogen-bond donors (Lipinski definition) is 1. The lowest BCUT2D eigenvalue weighted by atomic mass is 10.2. The number of thioether (sulfide) groups is 1. The molecular formula is C23H20ClN3OS. The van der Waals surface area contributed by atoms with Gasteiger partial charge in [-0.15, -0.1) is 0 Å². The maximum atomic E-state index is 12.5. The maximum Gasteiger partial charge on any atom is 0.264 e. The minimum atomic E-state index is -0.142. The van der Waals surface area contributed by atoms with E-state index in [0.717, 1.165) is 28.2 Å². The van der Waals surface area contributed by atoms with Gasteiger partial charge in [-0.05, 0) is 80.1 Å². The molecule has 1 aromatic heterocycles. The summed E-state index contributed by atoms with van der Waals surface area (Å²) in [5.41, 5.74) is 6.04. The van der Waals surface area contributed by atoms with E-state index in [2.05, 4.69) is 46.9 Å². The van der Waals surface area contributed by atoms with Crippen LogP contribution in [0.4, 0.5) is 5.69 Å². The number of aliphatic imine (C=N–C) groups is 1. The molecule has 4 nitrogen and oxygen atoms in total. The van der Waals surface area contributed by atoms with Gasteiger partial charge in [-0.2, -0.15) is 0 Å². The van der Waals surface area contributed by atoms with Crippen LogP contribution in [0.2, 0.25) is 5.02 Å². The Balaban J connectivity index is 1.63. The van der Waals surface area contributed by atoms with Gasteiger partial charge in [-0.1, -0.05) is 35.9 Å².